The first-order chi connectivity index (χ1) is 8.33. The zero-order valence-corrected chi connectivity index (χ0v) is 9.21. The maximum Gasteiger partial charge on any atom is 0.151 e. The van der Waals surface area contributed by atoms with Crippen LogP contribution in [0.25, 0.3) is 0 Å². The number of benzene rings is 1. The van der Waals surface area contributed by atoms with Crippen molar-refractivity contribution in [3.8, 4) is 11.8 Å². The topological polar surface area (TPSA) is 70.8 Å². The summed E-state index contributed by atoms with van der Waals surface area (Å²) in [5.41, 5.74) is 1.20. The normalized spacial score (nSPS) is 9.41. The molecule has 84 valence electrons. The van der Waals surface area contributed by atoms with Gasteiger partial charge in [0.05, 0.1) is 13.3 Å². The Morgan fingerprint density at radius 3 is 3.06 bits per heavy atom. The Morgan fingerprint density at radius 2 is 2.29 bits per heavy atom. The van der Waals surface area contributed by atoms with E-state index in [1.54, 1.807) is 7.11 Å². The minimum Gasteiger partial charge on any atom is -0.497 e. The molecule has 0 aliphatic heterocycles. The van der Waals surface area contributed by atoms with Gasteiger partial charge in [0.2, 0.25) is 0 Å². The van der Waals surface area contributed by atoms with Gasteiger partial charge in [0.25, 0.3) is 0 Å². The molecule has 5 heteroatoms. The van der Waals surface area contributed by atoms with E-state index in [0.717, 1.165) is 11.4 Å². The molecule has 0 atom stereocenters. The molecule has 0 spiro atoms. The van der Waals surface area contributed by atoms with Crippen molar-refractivity contribution in [2.24, 2.45) is 0 Å². The lowest BCUT2D eigenvalue weighted by atomic mass is 10.2. The lowest BCUT2D eigenvalue weighted by molar-refractivity contribution is 0.415. The SMILES string of the molecule is COc1cccc(Nc2ncncc2C#N)c1. The first kappa shape index (κ1) is 10.9. The van der Waals surface area contributed by atoms with Gasteiger partial charge in [-0.05, 0) is 12.1 Å². The third-order valence-electron chi connectivity index (χ3n) is 2.17. The summed E-state index contributed by atoms with van der Waals surface area (Å²) in [4.78, 5) is 7.81. The highest BCUT2D eigenvalue weighted by atomic mass is 16.5. The standard InChI is InChI=1S/C12H10N4O/c1-17-11-4-2-3-10(5-11)16-12-9(6-13)7-14-8-15-12/h2-5,7-8H,1H3,(H,14,15,16). The van der Waals surface area contributed by atoms with Crippen LogP contribution in [0.15, 0.2) is 36.8 Å². The van der Waals surface area contributed by atoms with Gasteiger partial charge in [-0.1, -0.05) is 6.07 Å². The van der Waals surface area contributed by atoms with Crippen LogP contribution in [0.5, 0.6) is 5.75 Å². The van der Waals surface area contributed by atoms with E-state index in [9.17, 15) is 0 Å². The van der Waals surface area contributed by atoms with Crippen LogP contribution < -0.4 is 10.1 Å². The predicted octanol–water partition coefficient (Wildman–Crippen LogP) is 2.10. The lowest BCUT2D eigenvalue weighted by Crippen LogP contribution is -1.97. The van der Waals surface area contributed by atoms with Crippen LogP contribution in [0.1, 0.15) is 5.56 Å². The number of rotatable bonds is 3. The van der Waals surface area contributed by atoms with Crippen molar-refractivity contribution >= 4 is 11.5 Å². The zero-order valence-electron chi connectivity index (χ0n) is 9.21. The molecule has 1 aromatic heterocycles. The average molecular weight is 226 g/mol. The summed E-state index contributed by atoms with van der Waals surface area (Å²) in [5.74, 6) is 1.22. The fourth-order valence-electron chi connectivity index (χ4n) is 1.35. The number of methoxy groups -OCH3 is 1. The summed E-state index contributed by atoms with van der Waals surface area (Å²) in [6.45, 7) is 0. The number of nitriles is 1. The summed E-state index contributed by atoms with van der Waals surface area (Å²) in [6, 6.07) is 9.41. The minimum atomic E-state index is 0.398. The number of ether oxygens (including phenoxy) is 1. The van der Waals surface area contributed by atoms with Crippen molar-refractivity contribution < 1.29 is 4.74 Å². The van der Waals surface area contributed by atoms with Gasteiger partial charge in [-0.2, -0.15) is 5.26 Å². The largest absolute Gasteiger partial charge is 0.497 e. The molecule has 0 saturated heterocycles. The number of nitrogens with one attached hydrogen (secondary N) is 1. The molecular formula is C12H10N4O. The third kappa shape index (κ3) is 2.49. The first-order valence-electron chi connectivity index (χ1n) is 4.94. The van der Waals surface area contributed by atoms with Crippen molar-refractivity contribution in [1.29, 1.82) is 5.26 Å². The molecule has 2 rings (SSSR count). The molecule has 1 aromatic carbocycles. The Kier molecular flexibility index (Phi) is 3.17. The van der Waals surface area contributed by atoms with E-state index in [-0.39, 0.29) is 0 Å². The molecule has 1 heterocycles. The summed E-state index contributed by atoms with van der Waals surface area (Å²) in [7, 11) is 1.60. The fraction of sp³-hybridized carbons (Fsp3) is 0.0833. The van der Waals surface area contributed by atoms with E-state index in [1.165, 1.54) is 12.5 Å². The van der Waals surface area contributed by atoms with Crippen molar-refractivity contribution in [3.05, 3.63) is 42.4 Å². The van der Waals surface area contributed by atoms with Crippen molar-refractivity contribution in [1.82, 2.24) is 9.97 Å². The van der Waals surface area contributed by atoms with E-state index in [1.807, 2.05) is 30.3 Å². The van der Waals surface area contributed by atoms with E-state index in [4.69, 9.17) is 10.00 Å². The summed E-state index contributed by atoms with van der Waals surface area (Å²) in [6.07, 6.45) is 2.86. The van der Waals surface area contributed by atoms with Crippen LogP contribution in [-0.2, 0) is 0 Å². The van der Waals surface area contributed by atoms with E-state index < -0.39 is 0 Å². The molecule has 0 aliphatic carbocycles. The molecular weight excluding hydrogens is 216 g/mol. The molecule has 0 amide bonds. The van der Waals surface area contributed by atoms with Crippen LogP contribution >= 0.6 is 0 Å². The van der Waals surface area contributed by atoms with Gasteiger partial charge < -0.3 is 10.1 Å². The van der Waals surface area contributed by atoms with Crippen LogP contribution in [0, 0.1) is 11.3 Å². The van der Waals surface area contributed by atoms with Gasteiger partial charge in [0.1, 0.15) is 23.7 Å². The van der Waals surface area contributed by atoms with E-state index >= 15 is 0 Å². The summed E-state index contributed by atoms with van der Waals surface area (Å²) < 4.78 is 5.11. The molecule has 0 saturated carbocycles. The van der Waals surface area contributed by atoms with Gasteiger partial charge in [0, 0.05) is 11.8 Å². The quantitative estimate of drug-likeness (QED) is 0.867. The number of aromatic nitrogens is 2. The van der Waals surface area contributed by atoms with Crippen molar-refractivity contribution in [3.63, 3.8) is 0 Å². The first-order valence-corrected chi connectivity index (χ1v) is 4.94. The molecule has 0 bridgehead atoms. The molecule has 2 aromatic rings. The van der Waals surface area contributed by atoms with Gasteiger partial charge in [-0.25, -0.2) is 9.97 Å². The van der Waals surface area contributed by atoms with Crippen LogP contribution in [-0.4, -0.2) is 17.1 Å². The van der Waals surface area contributed by atoms with Crippen LogP contribution in [0.4, 0.5) is 11.5 Å². The maximum atomic E-state index is 8.90. The second-order valence-corrected chi connectivity index (χ2v) is 3.25. The predicted molar refractivity (Wildman–Crippen MR) is 63.0 cm³/mol. The van der Waals surface area contributed by atoms with Crippen molar-refractivity contribution in [2.75, 3.05) is 12.4 Å². The number of hydrogen-bond donors (Lipinski definition) is 1. The van der Waals surface area contributed by atoms with E-state index in [2.05, 4.69) is 15.3 Å². The Bertz CT molecular complexity index is 562. The van der Waals surface area contributed by atoms with Gasteiger partial charge in [0.15, 0.2) is 5.82 Å². The van der Waals surface area contributed by atoms with Crippen LogP contribution in [0.2, 0.25) is 0 Å². The van der Waals surface area contributed by atoms with Crippen LogP contribution in [0.3, 0.4) is 0 Å². The highest BCUT2D eigenvalue weighted by Gasteiger charge is 2.03. The monoisotopic (exact) mass is 226 g/mol. The van der Waals surface area contributed by atoms with E-state index in [0.29, 0.717) is 11.4 Å². The lowest BCUT2D eigenvalue weighted by Gasteiger charge is -2.07. The Morgan fingerprint density at radius 1 is 1.41 bits per heavy atom. The Balaban J connectivity index is 2.28. The molecule has 0 unspecified atom stereocenters. The number of nitrogens with zero attached hydrogens (tertiary/aromatic N) is 3. The van der Waals surface area contributed by atoms with Gasteiger partial charge in [-0.3, -0.25) is 0 Å². The Labute approximate surface area is 98.7 Å². The highest BCUT2D eigenvalue weighted by molar-refractivity contribution is 5.62. The average Bonchev–Trinajstić information content (AvgIpc) is 2.39. The molecule has 5 nitrogen and oxygen atoms in total. The molecule has 0 radical (unpaired) electrons. The second-order valence-electron chi connectivity index (χ2n) is 3.25. The fourth-order valence-corrected chi connectivity index (χ4v) is 1.35. The van der Waals surface area contributed by atoms with Crippen molar-refractivity contribution in [2.45, 2.75) is 0 Å². The molecule has 1 N–H and O–H groups in total. The zero-order chi connectivity index (χ0) is 12.1. The number of anilines is 2. The maximum absolute atomic E-state index is 8.90. The third-order valence-corrected chi connectivity index (χ3v) is 2.17. The summed E-state index contributed by atoms with van der Waals surface area (Å²) in [5, 5.41) is 11.9. The second kappa shape index (κ2) is 4.94. The molecule has 17 heavy (non-hydrogen) atoms. The minimum absolute atomic E-state index is 0.398. The van der Waals surface area contributed by atoms with Gasteiger partial charge in [-0.15, -0.1) is 0 Å². The Hall–Kier alpha value is -2.61. The molecule has 0 fully saturated rings. The molecule has 0 aliphatic rings. The highest BCUT2D eigenvalue weighted by Crippen LogP contribution is 2.21. The van der Waals surface area contributed by atoms with Gasteiger partial charge >= 0.3 is 0 Å². The smallest absolute Gasteiger partial charge is 0.151 e. The number of hydrogen-bond acceptors (Lipinski definition) is 5. The summed E-state index contributed by atoms with van der Waals surface area (Å²) >= 11 is 0.